The van der Waals surface area contributed by atoms with Crippen molar-refractivity contribution in [3.8, 4) is 11.3 Å². The minimum absolute atomic E-state index is 0.144. The number of likely N-dealkylation sites (tertiary alicyclic amines) is 1. The molecule has 0 atom stereocenters. The van der Waals surface area contributed by atoms with Crippen LogP contribution in [0, 0.1) is 0 Å². The van der Waals surface area contributed by atoms with Crippen LogP contribution in [0.25, 0.3) is 22.2 Å². The van der Waals surface area contributed by atoms with Crippen LogP contribution in [-0.2, 0) is 9.53 Å². The van der Waals surface area contributed by atoms with Gasteiger partial charge in [-0.05, 0) is 43.5 Å². The van der Waals surface area contributed by atoms with E-state index in [-0.39, 0.29) is 12.5 Å². The standard InChI is InChI=1S/C23H21ClN2O3/c24-17-10-8-16(9-11-17)21-14-19(18-6-2-3-7-20(18)25-21)23(28)29-15-22(27)26-12-4-1-5-13-26/h2-3,6-11,14H,1,4-5,12-13,15H2. The molecule has 1 fully saturated rings. The molecule has 0 radical (unpaired) electrons. The van der Waals surface area contributed by atoms with Crippen molar-refractivity contribution in [2.45, 2.75) is 19.3 Å². The number of pyridine rings is 1. The van der Waals surface area contributed by atoms with Gasteiger partial charge < -0.3 is 9.64 Å². The average Bonchev–Trinajstić information content (AvgIpc) is 2.77. The second-order valence-corrected chi connectivity index (χ2v) is 7.53. The fourth-order valence-electron chi connectivity index (χ4n) is 3.55. The first-order chi connectivity index (χ1) is 14.1. The Morgan fingerprint density at radius 1 is 1.00 bits per heavy atom. The Kier molecular flexibility index (Phi) is 5.76. The molecule has 1 amide bonds. The van der Waals surface area contributed by atoms with E-state index in [0.717, 1.165) is 37.9 Å². The third-order valence-corrected chi connectivity index (χ3v) is 5.36. The van der Waals surface area contributed by atoms with Gasteiger partial charge in [-0.2, -0.15) is 0 Å². The van der Waals surface area contributed by atoms with E-state index in [9.17, 15) is 9.59 Å². The van der Waals surface area contributed by atoms with E-state index in [2.05, 4.69) is 4.98 Å². The van der Waals surface area contributed by atoms with Gasteiger partial charge >= 0.3 is 5.97 Å². The molecule has 0 N–H and O–H groups in total. The molecule has 1 aliphatic heterocycles. The maximum atomic E-state index is 12.8. The van der Waals surface area contributed by atoms with E-state index in [4.69, 9.17) is 16.3 Å². The highest BCUT2D eigenvalue weighted by molar-refractivity contribution is 6.30. The zero-order valence-electron chi connectivity index (χ0n) is 15.9. The lowest BCUT2D eigenvalue weighted by Crippen LogP contribution is -2.38. The summed E-state index contributed by atoms with van der Waals surface area (Å²) in [6.45, 7) is 1.22. The average molecular weight is 409 g/mol. The number of hydrogen-bond donors (Lipinski definition) is 0. The summed E-state index contributed by atoms with van der Waals surface area (Å²) in [6.07, 6.45) is 3.14. The molecule has 2 heterocycles. The molecule has 29 heavy (non-hydrogen) atoms. The highest BCUT2D eigenvalue weighted by atomic mass is 35.5. The molecule has 4 rings (SSSR count). The molecule has 0 saturated carbocycles. The molecule has 148 valence electrons. The van der Waals surface area contributed by atoms with Crippen molar-refractivity contribution < 1.29 is 14.3 Å². The Morgan fingerprint density at radius 2 is 1.72 bits per heavy atom. The normalized spacial score (nSPS) is 14.0. The number of piperidine rings is 1. The summed E-state index contributed by atoms with van der Waals surface area (Å²) < 4.78 is 5.38. The zero-order chi connectivity index (χ0) is 20.2. The molecule has 1 aliphatic rings. The fourth-order valence-corrected chi connectivity index (χ4v) is 3.68. The van der Waals surface area contributed by atoms with E-state index in [0.29, 0.717) is 27.2 Å². The van der Waals surface area contributed by atoms with Crippen LogP contribution >= 0.6 is 11.6 Å². The van der Waals surface area contributed by atoms with Gasteiger partial charge in [0.15, 0.2) is 6.61 Å². The first-order valence-corrected chi connectivity index (χ1v) is 10.1. The van der Waals surface area contributed by atoms with E-state index in [1.54, 1.807) is 23.1 Å². The van der Waals surface area contributed by atoms with Gasteiger partial charge in [0.25, 0.3) is 5.91 Å². The van der Waals surface area contributed by atoms with Gasteiger partial charge in [0.05, 0.1) is 16.8 Å². The summed E-state index contributed by atoms with van der Waals surface area (Å²) in [6, 6.07) is 16.4. The van der Waals surface area contributed by atoms with Crippen molar-refractivity contribution in [3.63, 3.8) is 0 Å². The van der Waals surface area contributed by atoms with Crippen molar-refractivity contribution in [2.75, 3.05) is 19.7 Å². The maximum absolute atomic E-state index is 12.8. The lowest BCUT2D eigenvalue weighted by Gasteiger charge is -2.26. The number of halogens is 1. The van der Waals surface area contributed by atoms with Crippen molar-refractivity contribution in [2.24, 2.45) is 0 Å². The first-order valence-electron chi connectivity index (χ1n) is 9.72. The van der Waals surface area contributed by atoms with Crippen LogP contribution in [0.2, 0.25) is 5.02 Å². The number of nitrogens with zero attached hydrogens (tertiary/aromatic N) is 2. The number of hydrogen-bond acceptors (Lipinski definition) is 4. The molecule has 3 aromatic rings. The Labute approximate surface area is 174 Å². The number of para-hydroxylation sites is 1. The largest absolute Gasteiger partial charge is 0.452 e. The molecule has 0 unspecified atom stereocenters. The number of rotatable bonds is 4. The minimum Gasteiger partial charge on any atom is -0.452 e. The molecule has 2 aromatic carbocycles. The molecular formula is C23H21ClN2O3. The summed E-state index contributed by atoms with van der Waals surface area (Å²) in [4.78, 5) is 31.6. The summed E-state index contributed by atoms with van der Waals surface area (Å²) in [7, 11) is 0. The van der Waals surface area contributed by atoms with Gasteiger partial charge in [-0.15, -0.1) is 0 Å². The molecule has 1 saturated heterocycles. The lowest BCUT2D eigenvalue weighted by atomic mass is 10.0. The third-order valence-electron chi connectivity index (χ3n) is 5.11. The molecule has 0 aliphatic carbocycles. The van der Waals surface area contributed by atoms with Crippen molar-refractivity contribution in [1.82, 2.24) is 9.88 Å². The smallest absolute Gasteiger partial charge is 0.339 e. The van der Waals surface area contributed by atoms with Gasteiger partial charge in [0.1, 0.15) is 0 Å². The van der Waals surface area contributed by atoms with Crippen LogP contribution in [0.15, 0.2) is 54.6 Å². The van der Waals surface area contributed by atoms with Crippen LogP contribution in [-0.4, -0.2) is 41.5 Å². The monoisotopic (exact) mass is 408 g/mol. The first kappa shape index (κ1) is 19.4. The number of carbonyl (C=O) groups excluding carboxylic acids is 2. The number of ether oxygens (including phenoxy) is 1. The summed E-state index contributed by atoms with van der Waals surface area (Å²) in [5, 5.41) is 1.33. The molecule has 0 bridgehead atoms. The Balaban J connectivity index is 1.60. The summed E-state index contributed by atoms with van der Waals surface area (Å²) >= 11 is 5.98. The summed E-state index contributed by atoms with van der Waals surface area (Å²) in [5.74, 6) is -0.668. The minimum atomic E-state index is -0.524. The number of benzene rings is 2. The van der Waals surface area contributed by atoms with Gasteiger partial charge in [-0.25, -0.2) is 9.78 Å². The Hall–Kier alpha value is -2.92. The molecule has 6 heteroatoms. The van der Waals surface area contributed by atoms with Crippen LogP contribution in [0.1, 0.15) is 29.6 Å². The Morgan fingerprint density at radius 3 is 2.48 bits per heavy atom. The molecule has 5 nitrogen and oxygen atoms in total. The maximum Gasteiger partial charge on any atom is 0.339 e. The van der Waals surface area contributed by atoms with Crippen molar-refractivity contribution in [1.29, 1.82) is 0 Å². The predicted molar refractivity (Wildman–Crippen MR) is 113 cm³/mol. The molecule has 1 aromatic heterocycles. The lowest BCUT2D eigenvalue weighted by molar-refractivity contribution is -0.135. The predicted octanol–water partition coefficient (Wildman–Crippen LogP) is 4.72. The van der Waals surface area contributed by atoms with E-state index < -0.39 is 5.97 Å². The fraction of sp³-hybridized carbons (Fsp3) is 0.261. The second kappa shape index (κ2) is 8.62. The number of esters is 1. The van der Waals surface area contributed by atoms with Crippen molar-refractivity contribution in [3.05, 3.63) is 65.2 Å². The van der Waals surface area contributed by atoms with Crippen LogP contribution in [0.4, 0.5) is 0 Å². The van der Waals surface area contributed by atoms with Crippen molar-refractivity contribution >= 4 is 34.4 Å². The number of carbonyl (C=O) groups is 2. The highest BCUT2D eigenvalue weighted by Crippen LogP contribution is 2.26. The van der Waals surface area contributed by atoms with E-state index in [1.165, 1.54) is 0 Å². The van der Waals surface area contributed by atoms with Gasteiger partial charge in [-0.3, -0.25) is 4.79 Å². The number of aromatic nitrogens is 1. The quantitative estimate of drug-likeness (QED) is 0.586. The third kappa shape index (κ3) is 4.40. The van der Waals surface area contributed by atoms with Crippen LogP contribution < -0.4 is 0 Å². The van der Waals surface area contributed by atoms with Crippen LogP contribution in [0.5, 0.6) is 0 Å². The SMILES string of the molecule is O=C(OCC(=O)N1CCCCC1)c1cc(-c2ccc(Cl)cc2)nc2ccccc12. The summed E-state index contributed by atoms with van der Waals surface area (Å²) in [5.41, 5.74) is 2.58. The Bertz CT molecular complexity index is 1040. The topological polar surface area (TPSA) is 59.5 Å². The zero-order valence-corrected chi connectivity index (χ0v) is 16.7. The second-order valence-electron chi connectivity index (χ2n) is 7.10. The molecular weight excluding hydrogens is 388 g/mol. The van der Waals surface area contributed by atoms with E-state index >= 15 is 0 Å². The highest BCUT2D eigenvalue weighted by Gasteiger charge is 2.20. The van der Waals surface area contributed by atoms with Gasteiger partial charge in [0.2, 0.25) is 0 Å². The van der Waals surface area contributed by atoms with E-state index in [1.807, 2.05) is 36.4 Å². The van der Waals surface area contributed by atoms with Gasteiger partial charge in [0, 0.05) is 29.1 Å². The number of fused-ring (bicyclic) bond motifs is 1. The van der Waals surface area contributed by atoms with Crippen LogP contribution in [0.3, 0.4) is 0 Å². The van der Waals surface area contributed by atoms with Gasteiger partial charge in [-0.1, -0.05) is 41.9 Å². The number of amides is 1. The molecule has 0 spiro atoms.